The molecule has 1 aromatic heterocycles. The van der Waals surface area contributed by atoms with Gasteiger partial charge in [0, 0.05) is 22.6 Å². The molecular formula is C25H25N3O2. The van der Waals surface area contributed by atoms with E-state index in [-0.39, 0.29) is 35.5 Å². The van der Waals surface area contributed by atoms with Crippen LogP contribution in [0.1, 0.15) is 28.9 Å². The highest BCUT2D eigenvalue weighted by Gasteiger charge is 2.67. The van der Waals surface area contributed by atoms with Crippen LogP contribution >= 0.6 is 0 Å². The minimum Gasteiger partial charge on any atom is -0.318 e. The summed E-state index contributed by atoms with van der Waals surface area (Å²) in [5.74, 6) is 1.04. The van der Waals surface area contributed by atoms with Gasteiger partial charge in [0.15, 0.2) is 0 Å². The van der Waals surface area contributed by atoms with Gasteiger partial charge < -0.3 is 4.57 Å². The maximum Gasteiger partial charge on any atom is 0.254 e. The highest BCUT2D eigenvalue weighted by molar-refractivity contribution is 6.06. The summed E-state index contributed by atoms with van der Waals surface area (Å²) in [6.45, 7) is 6.21. The van der Waals surface area contributed by atoms with E-state index in [0.29, 0.717) is 11.8 Å². The maximum absolute atomic E-state index is 13.1. The van der Waals surface area contributed by atoms with Crippen LogP contribution in [0.5, 0.6) is 0 Å². The van der Waals surface area contributed by atoms with E-state index >= 15 is 0 Å². The number of imide groups is 1. The van der Waals surface area contributed by atoms with E-state index in [1.807, 2.05) is 19.1 Å². The molecule has 4 aliphatic carbocycles. The zero-order chi connectivity index (χ0) is 20.7. The van der Waals surface area contributed by atoms with E-state index in [1.54, 1.807) is 6.21 Å². The SMILES string of the molecule is Cc1ccccc1-n1c(C)cc(/C=N\N2C(=O)[C@@H]3[C@H]4C=C[C@@H]([C@@H]5C[C@H]45)[C@@H]3C2=O)c1C. The second kappa shape index (κ2) is 6.03. The largest absolute Gasteiger partial charge is 0.318 e. The second-order valence-corrected chi connectivity index (χ2v) is 9.34. The van der Waals surface area contributed by atoms with Crippen LogP contribution < -0.4 is 0 Å². The lowest BCUT2D eigenvalue weighted by Crippen LogP contribution is -2.40. The Labute approximate surface area is 176 Å². The Morgan fingerprint density at radius 2 is 1.60 bits per heavy atom. The van der Waals surface area contributed by atoms with Crippen molar-refractivity contribution in [1.29, 1.82) is 0 Å². The molecule has 5 heteroatoms. The van der Waals surface area contributed by atoms with Crippen LogP contribution in [0.3, 0.4) is 0 Å². The maximum atomic E-state index is 13.1. The second-order valence-electron chi connectivity index (χ2n) is 9.34. The molecule has 2 bridgehead atoms. The van der Waals surface area contributed by atoms with E-state index in [9.17, 15) is 9.59 Å². The molecule has 2 aromatic rings. The Hall–Kier alpha value is -2.95. The average Bonchev–Trinajstić information content (AvgIpc) is 3.46. The molecule has 0 radical (unpaired) electrons. The van der Waals surface area contributed by atoms with Crippen molar-refractivity contribution < 1.29 is 9.59 Å². The summed E-state index contributed by atoms with van der Waals surface area (Å²) in [6.07, 6.45) is 7.23. The Morgan fingerprint density at radius 1 is 0.967 bits per heavy atom. The van der Waals surface area contributed by atoms with Crippen molar-refractivity contribution in [3.05, 3.63) is 65.0 Å². The molecule has 5 aliphatic rings. The molecule has 2 heterocycles. The fraction of sp³-hybridized carbons (Fsp3) is 0.400. The predicted molar refractivity (Wildman–Crippen MR) is 114 cm³/mol. The van der Waals surface area contributed by atoms with Gasteiger partial charge in [-0.1, -0.05) is 30.4 Å². The third-order valence-corrected chi connectivity index (χ3v) is 7.78. The first-order valence-electron chi connectivity index (χ1n) is 10.8. The van der Waals surface area contributed by atoms with Crippen molar-refractivity contribution in [1.82, 2.24) is 9.58 Å². The third kappa shape index (κ3) is 2.26. The first-order valence-corrected chi connectivity index (χ1v) is 10.8. The zero-order valence-electron chi connectivity index (χ0n) is 17.4. The van der Waals surface area contributed by atoms with E-state index in [4.69, 9.17) is 0 Å². The molecular weight excluding hydrogens is 374 g/mol. The van der Waals surface area contributed by atoms with Gasteiger partial charge in [-0.15, -0.1) is 0 Å². The van der Waals surface area contributed by atoms with Gasteiger partial charge in [0.05, 0.1) is 18.1 Å². The number of allylic oxidation sites excluding steroid dienone is 2. The van der Waals surface area contributed by atoms with Crippen LogP contribution in [0.15, 0.2) is 47.6 Å². The van der Waals surface area contributed by atoms with E-state index in [1.165, 1.54) is 12.0 Å². The first-order chi connectivity index (χ1) is 14.5. The number of carbonyl (C=O) groups excluding carboxylic acids is 2. The van der Waals surface area contributed by atoms with Crippen molar-refractivity contribution in [3.63, 3.8) is 0 Å². The molecule has 1 aromatic carbocycles. The molecule has 1 saturated heterocycles. The number of carbonyl (C=O) groups is 2. The summed E-state index contributed by atoms with van der Waals surface area (Å²) in [5.41, 5.74) is 5.39. The molecule has 3 fully saturated rings. The number of aryl methyl sites for hydroxylation is 2. The van der Waals surface area contributed by atoms with Crippen molar-refractivity contribution in [2.45, 2.75) is 27.2 Å². The molecule has 7 rings (SSSR count). The van der Waals surface area contributed by atoms with E-state index in [2.05, 4.69) is 53.9 Å². The Morgan fingerprint density at radius 3 is 2.23 bits per heavy atom. The van der Waals surface area contributed by atoms with Gasteiger partial charge in [0.25, 0.3) is 11.8 Å². The topological polar surface area (TPSA) is 54.7 Å². The lowest BCUT2D eigenvalue weighted by molar-refractivity contribution is -0.140. The molecule has 2 amide bonds. The van der Waals surface area contributed by atoms with Crippen molar-refractivity contribution in [2.75, 3.05) is 0 Å². The normalized spacial score (nSPS) is 33.5. The number of hydrogen-bond acceptors (Lipinski definition) is 3. The Bertz CT molecular complexity index is 1120. The lowest BCUT2D eigenvalue weighted by atomic mass is 9.63. The molecule has 2 saturated carbocycles. The zero-order valence-corrected chi connectivity index (χ0v) is 17.4. The number of hydrazone groups is 1. The quantitative estimate of drug-likeness (QED) is 0.448. The molecule has 0 unspecified atom stereocenters. The number of nitrogens with zero attached hydrogens (tertiary/aromatic N) is 3. The highest BCUT2D eigenvalue weighted by Crippen LogP contribution is 2.65. The Balaban J connectivity index is 1.32. The summed E-state index contributed by atoms with van der Waals surface area (Å²) in [4.78, 5) is 26.2. The summed E-state index contributed by atoms with van der Waals surface area (Å²) in [5, 5.41) is 5.58. The van der Waals surface area contributed by atoms with Gasteiger partial charge >= 0.3 is 0 Å². The fourth-order valence-electron chi connectivity index (χ4n) is 6.28. The van der Waals surface area contributed by atoms with E-state index in [0.717, 1.165) is 27.6 Å². The van der Waals surface area contributed by atoms with Crippen molar-refractivity contribution in [2.24, 2.45) is 40.6 Å². The van der Waals surface area contributed by atoms with Crippen molar-refractivity contribution in [3.8, 4) is 5.69 Å². The van der Waals surface area contributed by atoms with Crippen LogP contribution in [-0.2, 0) is 9.59 Å². The minimum absolute atomic E-state index is 0.112. The van der Waals surface area contributed by atoms with E-state index < -0.39 is 0 Å². The first kappa shape index (κ1) is 17.9. The lowest BCUT2D eigenvalue weighted by Gasteiger charge is -2.37. The number of amides is 2. The third-order valence-electron chi connectivity index (χ3n) is 7.78. The van der Waals surface area contributed by atoms with Crippen LogP contribution in [0, 0.1) is 56.3 Å². The molecule has 152 valence electrons. The number of hydrogen-bond donors (Lipinski definition) is 0. The monoisotopic (exact) mass is 399 g/mol. The summed E-state index contributed by atoms with van der Waals surface area (Å²) >= 11 is 0. The summed E-state index contributed by atoms with van der Waals surface area (Å²) < 4.78 is 2.20. The molecule has 30 heavy (non-hydrogen) atoms. The van der Waals surface area contributed by atoms with Crippen molar-refractivity contribution >= 4 is 18.0 Å². The number of aromatic nitrogens is 1. The van der Waals surface area contributed by atoms with Crippen LogP contribution in [-0.4, -0.2) is 27.6 Å². The summed E-state index contributed by atoms with van der Waals surface area (Å²) in [7, 11) is 0. The smallest absolute Gasteiger partial charge is 0.254 e. The number of benzene rings is 1. The fourth-order valence-corrected chi connectivity index (χ4v) is 6.28. The molecule has 6 atom stereocenters. The standard InChI is InChI=1S/C25H25N3O2/c1-13-6-4-5-7-21(13)27-14(2)10-16(15(27)3)12-26-28-24(29)22-17-8-9-18(20-11-19(17)20)23(22)25(28)30/h4-10,12,17-20,22-23H,11H2,1-3H3/b26-12-/t17-,18-,19-,20+,22-,23+/m0/s1. The van der Waals surface area contributed by atoms with Gasteiger partial charge in [0.1, 0.15) is 0 Å². The van der Waals surface area contributed by atoms with Crippen LogP contribution in [0.25, 0.3) is 5.69 Å². The van der Waals surface area contributed by atoms with Gasteiger partial charge in [0.2, 0.25) is 0 Å². The average molecular weight is 399 g/mol. The molecule has 5 nitrogen and oxygen atoms in total. The van der Waals surface area contributed by atoms with Gasteiger partial charge in [-0.25, -0.2) is 0 Å². The van der Waals surface area contributed by atoms with Gasteiger partial charge in [-0.2, -0.15) is 10.1 Å². The molecule has 1 aliphatic heterocycles. The van der Waals surface area contributed by atoms with Crippen LogP contribution in [0.2, 0.25) is 0 Å². The highest BCUT2D eigenvalue weighted by atomic mass is 16.2. The van der Waals surface area contributed by atoms with Crippen LogP contribution in [0.4, 0.5) is 0 Å². The van der Waals surface area contributed by atoms with Gasteiger partial charge in [-0.3, -0.25) is 9.59 Å². The minimum atomic E-state index is -0.201. The number of para-hydroxylation sites is 1. The van der Waals surface area contributed by atoms with Gasteiger partial charge in [-0.05, 0) is 68.6 Å². The molecule has 0 N–H and O–H groups in total. The Kier molecular flexibility index (Phi) is 3.59. The molecule has 0 spiro atoms. The predicted octanol–water partition coefficient (Wildman–Crippen LogP) is 3.79. The summed E-state index contributed by atoms with van der Waals surface area (Å²) in [6, 6.07) is 10.3. The number of rotatable bonds is 3.